The SMILES string of the molecule is O=C1C=C2C(C#Cc3cc4ccccc4c4ccccc34)=C[C@@H]3C[C@]2(CCCCCN3)O1. The molecule has 3 heteroatoms. The fraction of sp³-hybridized carbons (Fsp3) is 0.276. The topological polar surface area (TPSA) is 38.3 Å². The van der Waals surface area contributed by atoms with Crippen LogP contribution < -0.4 is 5.32 Å². The molecule has 158 valence electrons. The Morgan fingerprint density at radius 1 is 0.938 bits per heavy atom. The van der Waals surface area contributed by atoms with Gasteiger partial charge in [-0.1, -0.05) is 72.9 Å². The first kappa shape index (κ1) is 19.3. The van der Waals surface area contributed by atoms with E-state index in [1.54, 1.807) is 6.08 Å². The molecule has 0 amide bonds. The predicted octanol–water partition coefficient (Wildman–Crippen LogP) is 5.43. The first-order valence-corrected chi connectivity index (χ1v) is 11.6. The molecule has 3 aliphatic rings. The minimum absolute atomic E-state index is 0.175. The molecule has 0 saturated carbocycles. The summed E-state index contributed by atoms with van der Waals surface area (Å²) in [5, 5.41) is 8.43. The summed E-state index contributed by atoms with van der Waals surface area (Å²) >= 11 is 0. The molecule has 2 atom stereocenters. The molecule has 1 N–H and O–H groups in total. The zero-order valence-corrected chi connectivity index (χ0v) is 18.0. The smallest absolute Gasteiger partial charge is 0.332 e. The van der Waals surface area contributed by atoms with Crippen LogP contribution in [0.3, 0.4) is 0 Å². The minimum atomic E-state index is -0.524. The molecular weight excluding hydrogens is 394 g/mol. The van der Waals surface area contributed by atoms with Crippen molar-refractivity contribution in [2.45, 2.75) is 43.7 Å². The van der Waals surface area contributed by atoms with E-state index >= 15 is 0 Å². The highest BCUT2D eigenvalue weighted by molar-refractivity contribution is 6.10. The van der Waals surface area contributed by atoms with Crippen molar-refractivity contribution in [2.75, 3.05) is 6.54 Å². The van der Waals surface area contributed by atoms with Crippen LogP contribution in [0.25, 0.3) is 21.5 Å². The first-order valence-electron chi connectivity index (χ1n) is 11.6. The Morgan fingerprint density at radius 3 is 2.66 bits per heavy atom. The highest BCUT2D eigenvalue weighted by Gasteiger charge is 2.47. The van der Waals surface area contributed by atoms with Gasteiger partial charge in [-0.05, 0) is 53.4 Å². The molecule has 6 rings (SSSR count). The minimum Gasteiger partial charge on any atom is -0.451 e. The lowest BCUT2D eigenvalue weighted by Crippen LogP contribution is -2.44. The normalized spacial score (nSPS) is 24.9. The Hall–Kier alpha value is -3.35. The quantitative estimate of drug-likeness (QED) is 0.300. The molecule has 1 saturated heterocycles. The van der Waals surface area contributed by atoms with Crippen LogP contribution in [0.4, 0.5) is 0 Å². The van der Waals surface area contributed by atoms with Gasteiger partial charge < -0.3 is 10.1 Å². The Kier molecular flexibility index (Phi) is 4.63. The van der Waals surface area contributed by atoms with Crippen LogP contribution in [-0.2, 0) is 9.53 Å². The van der Waals surface area contributed by atoms with Gasteiger partial charge in [0, 0.05) is 35.2 Å². The molecule has 0 radical (unpaired) electrons. The Labute approximate surface area is 188 Å². The molecule has 3 nitrogen and oxygen atoms in total. The second-order valence-corrected chi connectivity index (χ2v) is 9.07. The highest BCUT2D eigenvalue weighted by atomic mass is 16.6. The van der Waals surface area contributed by atoms with Crippen molar-refractivity contribution in [1.29, 1.82) is 0 Å². The second-order valence-electron chi connectivity index (χ2n) is 9.07. The second kappa shape index (κ2) is 7.65. The molecule has 2 heterocycles. The van der Waals surface area contributed by atoms with E-state index in [0.717, 1.165) is 60.7 Å². The number of rotatable bonds is 0. The number of carbonyl (C=O) groups excluding carboxylic acids is 1. The fourth-order valence-electron chi connectivity index (χ4n) is 5.53. The third-order valence-electron chi connectivity index (χ3n) is 7.02. The van der Waals surface area contributed by atoms with Gasteiger partial charge in [0.1, 0.15) is 5.60 Å². The fourth-order valence-corrected chi connectivity index (χ4v) is 5.53. The molecule has 1 fully saturated rings. The lowest BCUT2D eigenvalue weighted by molar-refractivity contribution is -0.147. The summed E-state index contributed by atoms with van der Waals surface area (Å²) in [6.07, 6.45) is 8.92. The van der Waals surface area contributed by atoms with Gasteiger partial charge in [0.2, 0.25) is 0 Å². The molecule has 0 aromatic heterocycles. The van der Waals surface area contributed by atoms with Crippen LogP contribution >= 0.6 is 0 Å². The van der Waals surface area contributed by atoms with E-state index in [0.29, 0.717) is 0 Å². The number of benzene rings is 3. The summed E-state index contributed by atoms with van der Waals surface area (Å²) in [5.74, 6) is 6.68. The van der Waals surface area contributed by atoms with Crippen molar-refractivity contribution < 1.29 is 9.53 Å². The zero-order valence-electron chi connectivity index (χ0n) is 18.0. The molecule has 2 bridgehead atoms. The number of esters is 1. The predicted molar refractivity (Wildman–Crippen MR) is 128 cm³/mol. The molecule has 1 aliphatic carbocycles. The third-order valence-corrected chi connectivity index (χ3v) is 7.02. The van der Waals surface area contributed by atoms with Gasteiger partial charge in [-0.3, -0.25) is 0 Å². The van der Waals surface area contributed by atoms with Crippen molar-refractivity contribution >= 4 is 27.5 Å². The lowest BCUT2D eigenvalue weighted by atomic mass is 9.75. The van der Waals surface area contributed by atoms with E-state index in [9.17, 15) is 4.79 Å². The average molecular weight is 420 g/mol. The van der Waals surface area contributed by atoms with Gasteiger partial charge >= 0.3 is 5.97 Å². The molecule has 32 heavy (non-hydrogen) atoms. The van der Waals surface area contributed by atoms with Crippen molar-refractivity contribution in [2.24, 2.45) is 0 Å². The van der Waals surface area contributed by atoms with Crippen molar-refractivity contribution in [3.05, 3.63) is 83.5 Å². The first-order chi connectivity index (χ1) is 15.7. The molecule has 3 aromatic carbocycles. The lowest BCUT2D eigenvalue weighted by Gasteiger charge is -2.37. The van der Waals surface area contributed by atoms with Crippen LogP contribution in [0.1, 0.15) is 37.7 Å². The van der Waals surface area contributed by atoms with Gasteiger partial charge in [0.05, 0.1) is 0 Å². The monoisotopic (exact) mass is 419 g/mol. The maximum absolute atomic E-state index is 12.3. The van der Waals surface area contributed by atoms with Gasteiger partial charge in [-0.25, -0.2) is 4.79 Å². The van der Waals surface area contributed by atoms with Crippen LogP contribution in [0.15, 0.2) is 77.9 Å². The number of hydrogen-bond donors (Lipinski definition) is 1. The summed E-state index contributed by atoms with van der Waals surface area (Å²) in [6, 6.07) is 19.2. The summed E-state index contributed by atoms with van der Waals surface area (Å²) in [7, 11) is 0. The van der Waals surface area contributed by atoms with Crippen LogP contribution in [0, 0.1) is 11.8 Å². The van der Waals surface area contributed by atoms with Gasteiger partial charge in [0.25, 0.3) is 0 Å². The highest BCUT2D eigenvalue weighted by Crippen LogP contribution is 2.44. The molecular formula is C29H25NO2. The zero-order chi connectivity index (χ0) is 21.5. The number of fused-ring (bicyclic) bond motifs is 4. The summed E-state index contributed by atoms with van der Waals surface area (Å²) < 4.78 is 5.94. The van der Waals surface area contributed by atoms with E-state index in [1.165, 1.54) is 16.2 Å². The maximum Gasteiger partial charge on any atom is 0.332 e. The van der Waals surface area contributed by atoms with E-state index < -0.39 is 5.60 Å². The van der Waals surface area contributed by atoms with Crippen molar-refractivity contribution in [1.82, 2.24) is 5.32 Å². The third kappa shape index (κ3) is 3.23. The molecule has 3 aromatic rings. The number of ether oxygens (including phenoxy) is 1. The van der Waals surface area contributed by atoms with E-state index in [-0.39, 0.29) is 12.0 Å². The summed E-state index contributed by atoms with van der Waals surface area (Å²) in [4.78, 5) is 12.3. The summed E-state index contributed by atoms with van der Waals surface area (Å²) in [5.41, 5.74) is 2.39. The standard InChI is InChI=1S/C29H25NO2/c31-28-18-27-22(17-23-19-29(27,32-28)14-6-1-7-15-30-23)13-12-21-16-20-8-2-3-9-24(20)26-11-5-4-10-25(21)26/h2-5,8-11,16-18,23,30H,1,6-7,14-15,19H2/t23-,29+/m1/s1. The molecule has 2 aliphatic heterocycles. The van der Waals surface area contributed by atoms with Gasteiger partial charge in [-0.15, -0.1) is 0 Å². The van der Waals surface area contributed by atoms with Crippen LogP contribution in [-0.4, -0.2) is 24.2 Å². The average Bonchev–Trinajstić information content (AvgIpc) is 3.18. The van der Waals surface area contributed by atoms with Crippen molar-refractivity contribution in [3.63, 3.8) is 0 Å². The molecule has 0 unspecified atom stereocenters. The number of carbonyl (C=O) groups is 1. The van der Waals surface area contributed by atoms with E-state index in [4.69, 9.17) is 4.74 Å². The Morgan fingerprint density at radius 2 is 1.75 bits per heavy atom. The van der Waals surface area contributed by atoms with E-state index in [1.807, 2.05) is 0 Å². The number of hydrogen-bond acceptors (Lipinski definition) is 3. The van der Waals surface area contributed by atoms with Gasteiger partial charge in [-0.2, -0.15) is 0 Å². The van der Waals surface area contributed by atoms with Crippen molar-refractivity contribution in [3.8, 4) is 11.8 Å². The van der Waals surface area contributed by atoms with Crippen LogP contribution in [0.5, 0.6) is 0 Å². The largest absolute Gasteiger partial charge is 0.451 e. The van der Waals surface area contributed by atoms with E-state index in [2.05, 4.69) is 77.8 Å². The Balaban J connectivity index is 1.49. The molecule has 1 spiro atoms. The Bertz CT molecular complexity index is 1370. The summed E-state index contributed by atoms with van der Waals surface area (Å²) in [6.45, 7) is 0.986. The van der Waals surface area contributed by atoms with Crippen LogP contribution in [0.2, 0.25) is 0 Å². The van der Waals surface area contributed by atoms with Gasteiger partial charge in [0.15, 0.2) is 0 Å². The maximum atomic E-state index is 12.3. The number of nitrogens with one attached hydrogen (secondary N) is 1.